The van der Waals surface area contributed by atoms with Crippen molar-refractivity contribution in [1.29, 1.82) is 0 Å². The summed E-state index contributed by atoms with van der Waals surface area (Å²) in [5.74, 6) is 1.88. The normalized spacial score (nSPS) is 20.0. The minimum Gasteiger partial charge on any atom is -0.492 e. The highest BCUT2D eigenvalue weighted by molar-refractivity contribution is 8.13. The Morgan fingerprint density at radius 2 is 1.80 bits per heavy atom. The van der Waals surface area contributed by atoms with E-state index in [9.17, 15) is 0 Å². The number of benzene rings is 1. The lowest BCUT2D eigenvalue weighted by atomic mass is 9.85. The van der Waals surface area contributed by atoms with E-state index in [1.165, 1.54) is 64.5 Å². The zero-order chi connectivity index (χ0) is 21.2. The van der Waals surface area contributed by atoms with Gasteiger partial charge in [-0.15, -0.1) is 0 Å². The lowest BCUT2D eigenvalue weighted by molar-refractivity contribution is 0.238. The predicted octanol–water partition coefficient (Wildman–Crippen LogP) is 5.27. The van der Waals surface area contributed by atoms with Gasteiger partial charge in [0.1, 0.15) is 12.4 Å². The van der Waals surface area contributed by atoms with Gasteiger partial charge in [-0.05, 0) is 80.7 Å². The molecule has 1 heterocycles. The van der Waals surface area contributed by atoms with Crippen LogP contribution >= 0.6 is 24.0 Å². The Balaban J connectivity index is 1.39. The Morgan fingerprint density at radius 3 is 2.47 bits per heavy atom. The molecule has 1 aliphatic heterocycles. The zero-order valence-corrected chi connectivity index (χ0v) is 19.8. The summed E-state index contributed by atoms with van der Waals surface area (Å²) >= 11 is 7.00. The van der Waals surface area contributed by atoms with Gasteiger partial charge in [-0.2, -0.15) is 4.99 Å². The number of likely N-dealkylation sites (tertiary alicyclic amines) is 1. The summed E-state index contributed by atoms with van der Waals surface area (Å²) in [5.41, 5.74) is 7.39. The summed E-state index contributed by atoms with van der Waals surface area (Å²) in [4.78, 5) is 6.82. The van der Waals surface area contributed by atoms with Crippen molar-refractivity contribution in [2.45, 2.75) is 58.3 Å². The highest BCUT2D eigenvalue weighted by atomic mass is 32.2. The summed E-state index contributed by atoms with van der Waals surface area (Å²) in [6, 6.07) is 7.85. The Bertz CT molecular complexity index is 694. The average molecular weight is 449 g/mol. The minimum absolute atomic E-state index is 0.362. The van der Waals surface area contributed by atoms with Gasteiger partial charge in [-0.25, -0.2) is 0 Å². The van der Waals surface area contributed by atoms with Crippen LogP contribution in [0.4, 0.5) is 5.69 Å². The summed E-state index contributed by atoms with van der Waals surface area (Å²) < 4.78 is 5.85. The molecule has 7 heteroatoms. The largest absolute Gasteiger partial charge is 0.492 e. The molecule has 30 heavy (non-hydrogen) atoms. The first-order chi connectivity index (χ1) is 14.5. The Morgan fingerprint density at radius 1 is 1.13 bits per heavy atom. The highest BCUT2D eigenvalue weighted by Crippen LogP contribution is 2.37. The van der Waals surface area contributed by atoms with E-state index in [-0.39, 0.29) is 0 Å². The van der Waals surface area contributed by atoms with E-state index in [1.54, 1.807) is 11.8 Å². The highest BCUT2D eigenvalue weighted by Gasteiger charge is 2.26. The molecule has 5 nitrogen and oxygen atoms in total. The molecule has 0 amide bonds. The first-order valence-corrected chi connectivity index (χ1v) is 12.7. The van der Waals surface area contributed by atoms with E-state index in [1.807, 2.05) is 24.3 Å². The van der Waals surface area contributed by atoms with Crippen molar-refractivity contribution in [3.05, 3.63) is 24.3 Å². The third-order valence-electron chi connectivity index (χ3n) is 6.07. The molecule has 0 bridgehead atoms. The number of nitrogens with zero attached hydrogens (tertiary/aromatic N) is 2. The number of ether oxygens (including phenoxy) is 1. The van der Waals surface area contributed by atoms with Crippen molar-refractivity contribution in [1.82, 2.24) is 4.90 Å². The number of hydrogen-bond acceptors (Lipinski definition) is 4. The maximum Gasteiger partial charge on any atom is 0.199 e. The lowest BCUT2D eigenvalue weighted by Gasteiger charge is -2.27. The zero-order valence-electron chi connectivity index (χ0n) is 18.2. The summed E-state index contributed by atoms with van der Waals surface area (Å²) in [6.45, 7) is 6.50. The molecule has 0 aromatic heterocycles. The number of thiocarbonyl (C=S) groups is 1. The van der Waals surface area contributed by atoms with Crippen molar-refractivity contribution in [3.8, 4) is 5.75 Å². The van der Waals surface area contributed by atoms with Crippen molar-refractivity contribution < 1.29 is 4.74 Å². The molecule has 1 aliphatic carbocycles. The van der Waals surface area contributed by atoms with E-state index in [2.05, 4.69) is 22.1 Å². The smallest absolute Gasteiger partial charge is 0.199 e. The van der Waals surface area contributed by atoms with Crippen LogP contribution in [0.1, 0.15) is 58.3 Å². The summed E-state index contributed by atoms with van der Waals surface area (Å²) in [7, 11) is 0. The molecule has 3 rings (SSSR count). The Kier molecular flexibility index (Phi) is 9.27. The standard InChI is InChI=1S/C23H36N4OS2/c1-23(12-4-2-3-5-13-23)18-30-21(24)26-22(29)25-19-8-10-20(11-9-19)28-17-16-27-14-6-7-15-27/h8-11H,2-7,12-18H2,1H3,(H3,24,25,26,29). The average Bonchev–Trinajstić information content (AvgIpc) is 3.15. The number of hydrogen-bond donors (Lipinski definition) is 2. The number of anilines is 1. The van der Waals surface area contributed by atoms with Crippen molar-refractivity contribution in [3.63, 3.8) is 0 Å². The van der Waals surface area contributed by atoms with E-state index in [0.29, 0.717) is 15.7 Å². The monoisotopic (exact) mass is 448 g/mol. The molecular weight excluding hydrogens is 412 g/mol. The van der Waals surface area contributed by atoms with Gasteiger partial charge >= 0.3 is 0 Å². The molecule has 0 radical (unpaired) electrons. The van der Waals surface area contributed by atoms with E-state index in [0.717, 1.165) is 30.3 Å². The number of rotatable bonds is 7. The molecule has 3 N–H and O–H groups in total. The van der Waals surface area contributed by atoms with Crippen LogP contribution in [0.25, 0.3) is 0 Å². The third kappa shape index (κ3) is 8.08. The molecule has 166 valence electrons. The second-order valence-corrected chi connectivity index (χ2v) is 10.2. The molecule has 0 spiro atoms. The number of thioether (sulfide) groups is 1. The number of nitrogens with one attached hydrogen (secondary N) is 1. The van der Waals surface area contributed by atoms with Gasteiger partial charge in [-0.3, -0.25) is 4.90 Å². The first-order valence-electron chi connectivity index (χ1n) is 11.3. The van der Waals surface area contributed by atoms with Crippen LogP contribution in [-0.4, -0.2) is 47.2 Å². The van der Waals surface area contributed by atoms with Crippen LogP contribution in [-0.2, 0) is 0 Å². The van der Waals surface area contributed by atoms with Crippen LogP contribution in [0.5, 0.6) is 5.75 Å². The topological polar surface area (TPSA) is 62.9 Å². The minimum atomic E-state index is 0.362. The Hall–Kier alpha value is -1.31. The van der Waals surface area contributed by atoms with Crippen LogP contribution in [0.3, 0.4) is 0 Å². The van der Waals surface area contributed by atoms with Gasteiger partial charge < -0.3 is 15.8 Å². The molecule has 2 fully saturated rings. The van der Waals surface area contributed by atoms with Crippen LogP contribution in [0, 0.1) is 5.41 Å². The molecular formula is C23H36N4OS2. The van der Waals surface area contributed by atoms with E-state index in [4.69, 9.17) is 22.7 Å². The molecule has 1 aromatic carbocycles. The molecule has 0 atom stereocenters. The number of amidine groups is 1. The fraction of sp³-hybridized carbons (Fsp3) is 0.652. The SMILES string of the molecule is CC1(CS/C(N)=N/C(=S)Nc2ccc(OCCN3CCCC3)cc2)CCCCCC1. The fourth-order valence-corrected chi connectivity index (χ4v) is 5.41. The van der Waals surface area contributed by atoms with Gasteiger partial charge in [0.05, 0.1) is 0 Å². The van der Waals surface area contributed by atoms with E-state index >= 15 is 0 Å². The molecule has 1 saturated heterocycles. The number of aliphatic imine (C=N–C) groups is 1. The van der Waals surface area contributed by atoms with Crippen molar-refractivity contribution in [2.24, 2.45) is 16.1 Å². The summed E-state index contributed by atoms with van der Waals surface area (Å²) in [6.07, 6.45) is 10.6. The third-order valence-corrected chi connectivity index (χ3v) is 7.49. The maximum atomic E-state index is 6.14. The fourth-order valence-electron chi connectivity index (χ4n) is 4.19. The number of nitrogens with two attached hydrogens (primary N) is 1. The van der Waals surface area contributed by atoms with Gasteiger partial charge in [0, 0.05) is 18.0 Å². The Labute approximate surface area is 191 Å². The summed E-state index contributed by atoms with van der Waals surface area (Å²) in [5, 5.41) is 4.08. The van der Waals surface area contributed by atoms with Crippen LogP contribution < -0.4 is 15.8 Å². The van der Waals surface area contributed by atoms with Crippen molar-refractivity contribution in [2.75, 3.05) is 37.3 Å². The van der Waals surface area contributed by atoms with Crippen molar-refractivity contribution >= 4 is 39.9 Å². The molecule has 2 aliphatic rings. The maximum absolute atomic E-state index is 6.14. The van der Waals surface area contributed by atoms with E-state index < -0.39 is 0 Å². The molecule has 0 unspecified atom stereocenters. The van der Waals surface area contributed by atoms with Gasteiger partial charge in [0.15, 0.2) is 10.3 Å². The van der Waals surface area contributed by atoms with Gasteiger partial charge in [0.25, 0.3) is 0 Å². The van der Waals surface area contributed by atoms with Crippen LogP contribution in [0.15, 0.2) is 29.3 Å². The quantitative estimate of drug-likeness (QED) is 0.257. The molecule has 1 aromatic rings. The molecule has 1 saturated carbocycles. The van der Waals surface area contributed by atoms with Gasteiger partial charge in [-0.1, -0.05) is 44.4 Å². The lowest BCUT2D eigenvalue weighted by Crippen LogP contribution is -2.25. The van der Waals surface area contributed by atoms with Gasteiger partial charge in [0.2, 0.25) is 0 Å². The predicted molar refractivity (Wildman–Crippen MR) is 134 cm³/mol. The second kappa shape index (κ2) is 11.9. The first kappa shape index (κ1) is 23.4. The van der Waals surface area contributed by atoms with Crippen LogP contribution in [0.2, 0.25) is 0 Å². The second-order valence-electron chi connectivity index (χ2n) is 8.82.